The first-order chi connectivity index (χ1) is 21.9. The number of aromatic nitrogens is 5. The highest BCUT2D eigenvalue weighted by molar-refractivity contribution is 5.81. The van der Waals surface area contributed by atoms with Gasteiger partial charge in [-0.1, -0.05) is 12.1 Å². The van der Waals surface area contributed by atoms with Crippen LogP contribution in [0.4, 0.5) is 5.69 Å². The minimum atomic E-state index is -0.236. The van der Waals surface area contributed by atoms with E-state index < -0.39 is 0 Å². The Labute approximate surface area is 260 Å². The van der Waals surface area contributed by atoms with Gasteiger partial charge in [0.25, 0.3) is 5.56 Å². The second-order valence-corrected chi connectivity index (χ2v) is 11.2. The lowest BCUT2D eigenvalue weighted by atomic mass is 10.1. The number of morpholine rings is 1. The molecule has 0 amide bonds. The minimum Gasteiger partial charge on any atom is -0.493 e. The first kappa shape index (κ1) is 30.4. The maximum Gasteiger partial charge on any atom is 0.350 e. The Morgan fingerprint density at radius 2 is 1.78 bits per heavy atom. The Hall–Kier alpha value is -4.68. The van der Waals surface area contributed by atoms with E-state index in [1.165, 1.54) is 9.08 Å². The van der Waals surface area contributed by atoms with Gasteiger partial charge in [0.1, 0.15) is 5.82 Å². The van der Waals surface area contributed by atoms with Gasteiger partial charge in [0.05, 0.1) is 50.5 Å². The van der Waals surface area contributed by atoms with E-state index in [1.807, 2.05) is 49.4 Å². The summed E-state index contributed by atoms with van der Waals surface area (Å²) < 4.78 is 26.9. The van der Waals surface area contributed by atoms with Crippen molar-refractivity contribution in [1.82, 2.24) is 23.7 Å². The highest BCUT2D eigenvalue weighted by atomic mass is 16.5. The molecule has 0 spiro atoms. The van der Waals surface area contributed by atoms with Gasteiger partial charge in [-0.25, -0.2) is 14.5 Å². The number of nitrogens with zero attached hydrogens (tertiary/aromatic N) is 6. The lowest BCUT2D eigenvalue weighted by Gasteiger charge is -2.38. The van der Waals surface area contributed by atoms with Crippen LogP contribution >= 0.6 is 0 Å². The number of hydrogen-bond acceptors (Lipinski definition) is 9. The van der Waals surface area contributed by atoms with Crippen molar-refractivity contribution in [3.05, 3.63) is 93.0 Å². The van der Waals surface area contributed by atoms with E-state index in [2.05, 4.69) is 10.00 Å². The van der Waals surface area contributed by atoms with Crippen LogP contribution in [0.5, 0.6) is 11.5 Å². The molecule has 3 aromatic heterocycles. The molecule has 1 saturated heterocycles. The van der Waals surface area contributed by atoms with Crippen LogP contribution in [0.15, 0.2) is 70.4 Å². The summed E-state index contributed by atoms with van der Waals surface area (Å²) in [7, 11) is 4.87. The predicted octanol–water partition coefficient (Wildman–Crippen LogP) is 2.95. The van der Waals surface area contributed by atoms with Crippen LogP contribution in [0.25, 0.3) is 16.6 Å². The minimum absolute atomic E-state index is 0.0337. The van der Waals surface area contributed by atoms with Crippen LogP contribution in [-0.2, 0) is 35.4 Å². The maximum absolute atomic E-state index is 14.0. The van der Waals surface area contributed by atoms with E-state index in [4.69, 9.17) is 23.9 Å². The fourth-order valence-corrected chi connectivity index (χ4v) is 6.00. The number of pyridine rings is 1. The highest BCUT2D eigenvalue weighted by Crippen LogP contribution is 2.28. The van der Waals surface area contributed by atoms with Crippen molar-refractivity contribution in [2.45, 2.75) is 45.1 Å². The SMILES string of the molecule is COC[C@H]1CN(c2ccc3c(=O)n(CCc4ccc(OC)c(OC)c4)c(CCn4nc5ccccn5c4=O)nc3c2)C[C@@H](C)O1. The summed E-state index contributed by atoms with van der Waals surface area (Å²) in [6, 6.07) is 17.0. The fraction of sp³-hybridized carbons (Fsp3) is 0.394. The molecule has 2 aromatic carbocycles. The molecule has 0 radical (unpaired) electrons. The highest BCUT2D eigenvalue weighted by Gasteiger charge is 2.26. The van der Waals surface area contributed by atoms with Crippen molar-refractivity contribution < 1.29 is 18.9 Å². The molecule has 4 heterocycles. The molecule has 12 nitrogen and oxygen atoms in total. The summed E-state index contributed by atoms with van der Waals surface area (Å²) in [5.41, 5.74) is 2.77. The van der Waals surface area contributed by atoms with Crippen LogP contribution < -0.4 is 25.6 Å². The summed E-state index contributed by atoms with van der Waals surface area (Å²) >= 11 is 0. The topological polar surface area (TPSA) is 114 Å². The molecule has 0 unspecified atom stereocenters. The Morgan fingerprint density at radius 3 is 2.56 bits per heavy atom. The van der Waals surface area contributed by atoms with Gasteiger partial charge in [-0.15, -0.1) is 5.10 Å². The zero-order chi connectivity index (χ0) is 31.5. The third kappa shape index (κ3) is 6.29. The fourth-order valence-electron chi connectivity index (χ4n) is 6.00. The van der Waals surface area contributed by atoms with E-state index in [0.29, 0.717) is 66.4 Å². The van der Waals surface area contributed by atoms with E-state index in [9.17, 15) is 9.59 Å². The normalized spacial score (nSPS) is 16.8. The van der Waals surface area contributed by atoms with Crippen LogP contribution in [0.3, 0.4) is 0 Å². The molecule has 45 heavy (non-hydrogen) atoms. The van der Waals surface area contributed by atoms with Gasteiger partial charge in [-0.05, 0) is 61.4 Å². The van der Waals surface area contributed by atoms with Gasteiger partial charge in [-0.2, -0.15) is 0 Å². The van der Waals surface area contributed by atoms with E-state index in [0.717, 1.165) is 17.8 Å². The van der Waals surface area contributed by atoms with Gasteiger partial charge >= 0.3 is 5.69 Å². The average molecular weight is 615 g/mol. The summed E-state index contributed by atoms with van der Waals surface area (Å²) in [6.07, 6.45) is 2.59. The summed E-state index contributed by atoms with van der Waals surface area (Å²) in [6.45, 7) is 4.62. The summed E-state index contributed by atoms with van der Waals surface area (Å²) in [5.74, 6) is 1.85. The molecule has 6 rings (SSSR count). The van der Waals surface area contributed by atoms with Crippen molar-refractivity contribution in [1.29, 1.82) is 0 Å². The number of anilines is 1. The predicted molar refractivity (Wildman–Crippen MR) is 171 cm³/mol. The third-order valence-corrected chi connectivity index (χ3v) is 8.17. The number of rotatable bonds is 11. The van der Waals surface area contributed by atoms with Gasteiger partial charge < -0.3 is 23.8 Å². The molecule has 1 fully saturated rings. The number of hydrogen-bond donors (Lipinski definition) is 0. The number of methoxy groups -OCH3 is 3. The standard InChI is InChI=1S/C33H38N6O6/c1-22-19-36(20-25(45-22)21-42-2)24-9-10-26-27(18-24)34-30(13-16-39-33(41)38-14-6-5-7-31(38)35-39)37(32(26)40)15-12-23-8-11-28(43-3)29(17-23)44-4/h5-11,14,17-18,22,25H,12-13,15-16,19-21H2,1-4H3/t22-,25-/m1/s1. The van der Waals surface area contributed by atoms with Crippen LogP contribution in [0.1, 0.15) is 18.3 Å². The van der Waals surface area contributed by atoms with E-state index in [-0.39, 0.29) is 30.0 Å². The molecule has 1 aliphatic heterocycles. The molecule has 5 aromatic rings. The smallest absolute Gasteiger partial charge is 0.350 e. The van der Waals surface area contributed by atoms with Crippen molar-refractivity contribution in [3.8, 4) is 11.5 Å². The Bertz CT molecular complexity index is 1930. The van der Waals surface area contributed by atoms with Crippen molar-refractivity contribution in [2.75, 3.05) is 45.9 Å². The molecule has 236 valence electrons. The third-order valence-electron chi connectivity index (χ3n) is 8.17. The molecular formula is C33H38N6O6. The van der Waals surface area contributed by atoms with Crippen molar-refractivity contribution in [3.63, 3.8) is 0 Å². The van der Waals surface area contributed by atoms with Crippen molar-refractivity contribution in [2.24, 2.45) is 0 Å². The van der Waals surface area contributed by atoms with Gasteiger partial charge in [0.15, 0.2) is 17.1 Å². The lowest BCUT2D eigenvalue weighted by Crippen LogP contribution is -2.48. The van der Waals surface area contributed by atoms with Crippen LogP contribution in [-0.4, -0.2) is 77.0 Å². The van der Waals surface area contributed by atoms with E-state index in [1.54, 1.807) is 44.2 Å². The Balaban J connectivity index is 1.35. The first-order valence-electron chi connectivity index (χ1n) is 15.1. The maximum atomic E-state index is 14.0. The van der Waals surface area contributed by atoms with Gasteiger partial charge in [-0.3, -0.25) is 13.8 Å². The summed E-state index contributed by atoms with van der Waals surface area (Å²) in [5, 5.41) is 5.01. The number of fused-ring (bicyclic) bond motifs is 2. The number of benzene rings is 2. The number of ether oxygens (including phenoxy) is 4. The average Bonchev–Trinajstić information content (AvgIpc) is 3.37. The monoisotopic (exact) mass is 614 g/mol. The lowest BCUT2D eigenvalue weighted by molar-refractivity contribution is -0.0510. The van der Waals surface area contributed by atoms with Gasteiger partial charge in [0, 0.05) is 45.0 Å². The van der Waals surface area contributed by atoms with Crippen LogP contribution in [0.2, 0.25) is 0 Å². The Morgan fingerprint density at radius 1 is 0.933 bits per heavy atom. The number of aryl methyl sites for hydroxylation is 3. The molecule has 0 N–H and O–H groups in total. The molecule has 0 aliphatic carbocycles. The molecule has 2 atom stereocenters. The quantitative estimate of drug-likeness (QED) is 0.222. The summed E-state index contributed by atoms with van der Waals surface area (Å²) in [4.78, 5) is 34.3. The first-order valence-corrected chi connectivity index (χ1v) is 15.1. The second kappa shape index (κ2) is 13.1. The second-order valence-electron chi connectivity index (χ2n) is 11.2. The molecular weight excluding hydrogens is 576 g/mol. The molecule has 1 aliphatic rings. The Kier molecular flexibility index (Phi) is 8.85. The largest absolute Gasteiger partial charge is 0.493 e. The van der Waals surface area contributed by atoms with Crippen LogP contribution in [0, 0.1) is 0 Å². The van der Waals surface area contributed by atoms with Crippen molar-refractivity contribution >= 4 is 22.2 Å². The zero-order valence-corrected chi connectivity index (χ0v) is 26.0. The molecule has 0 bridgehead atoms. The molecule has 0 saturated carbocycles. The van der Waals surface area contributed by atoms with E-state index >= 15 is 0 Å². The van der Waals surface area contributed by atoms with Gasteiger partial charge in [0.2, 0.25) is 0 Å². The molecule has 12 heteroatoms. The zero-order valence-electron chi connectivity index (χ0n) is 26.0.